The normalized spacial score (nSPS) is 15.5. The molecule has 0 aromatic heterocycles. The van der Waals surface area contributed by atoms with Crippen molar-refractivity contribution in [1.82, 2.24) is 0 Å². The van der Waals surface area contributed by atoms with Gasteiger partial charge >= 0.3 is 0 Å². The van der Waals surface area contributed by atoms with E-state index in [1.807, 2.05) is 78.5 Å². The van der Waals surface area contributed by atoms with Crippen molar-refractivity contribution in [3.8, 4) is 5.75 Å². The number of rotatable bonds is 6. The lowest BCUT2D eigenvalue weighted by Gasteiger charge is -2.25. The molecule has 6 nitrogen and oxygen atoms in total. The fourth-order valence-corrected chi connectivity index (χ4v) is 4.83. The number of para-hydroxylation sites is 1. The van der Waals surface area contributed by atoms with E-state index >= 15 is 0 Å². The number of benzene rings is 3. The van der Waals surface area contributed by atoms with Gasteiger partial charge in [-0.05, 0) is 54.1 Å². The topological polar surface area (TPSA) is 61.9 Å². The van der Waals surface area contributed by atoms with Crippen molar-refractivity contribution in [3.05, 3.63) is 83.9 Å². The Balaban J connectivity index is 1.58. The third-order valence-electron chi connectivity index (χ3n) is 5.29. The van der Waals surface area contributed by atoms with E-state index < -0.39 is 0 Å². The fraction of sp³-hybridized carbons (Fsp3) is 0.200. The van der Waals surface area contributed by atoms with E-state index in [0.29, 0.717) is 22.8 Å². The zero-order chi connectivity index (χ0) is 22.7. The van der Waals surface area contributed by atoms with Crippen LogP contribution >= 0.6 is 11.8 Å². The Hall–Kier alpha value is -3.45. The van der Waals surface area contributed by atoms with E-state index in [9.17, 15) is 9.59 Å². The van der Waals surface area contributed by atoms with Crippen LogP contribution in [-0.2, 0) is 4.79 Å². The lowest BCUT2D eigenvalue weighted by molar-refractivity contribution is -0.115. The Morgan fingerprint density at radius 3 is 2.53 bits per heavy atom. The van der Waals surface area contributed by atoms with Crippen molar-refractivity contribution in [2.24, 2.45) is 0 Å². The molecule has 1 heterocycles. The van der Waals surface area contributed by atoms with Gasteiger partial charge in [-0.25, -0.2) is 0 Å². The first kappa shape index (κ1) is 21.8. The molecule has 1 saturated heterocycles. The Bertz CT molecular complexity index is 1130. The Morgan fingerprint density at radius 2 is 1.81 bits per heavy atom. The van der Waals surface area contributed by atoms with Gasteiger partial charge in [-0.1, -0.05) is 24.3 Å². The summed E-state index contributed by atoms with van der Waals surface area (Å²) in [5.41, 5.74) is 4.02. The monoisotopic (exact) mass is 447 g/mol. The molecule has 164 valence electrons. The minimum Gasteiger partial charge on any atom is -0.496 e. The fourth-order valence-electron chi connectivity index (χ4n) is 3.66. The van der Waals surface area contributed by atoms with Crippen LogP contribution in [0.5, 0.6) is 5.75 Å². The Kier molecular flexibility index (Phi) is 6.37. The summed E-state index contributed by atoms with van der Waals surface area (Å²) in [6, 6.07) is 22.7. The zero-order valence-electron chi connectivity index (χ0n) is 18.2. The van der Waals surface area contributed by atoms with Gasteiger partial charge in [0.05, 0.1) is 18.4 Å². The molecule has 3 aromatic rings. The number of nitrogens with one attached hydrogen (secondary N) is 1. The first-order valence-corrected chi connectivity index (χ1v) is 11.3. The summed E-state index contributed by atoms with van der Waals surface area (Å²) in [7, 11) is 5.51. The van der Waals surface area contributed by atoms with E-state index in [2.05, 4.69) is 5.32 Å². The lowest BCUT2D eigenvalue weighted by Crippen LogP contribution is -2.27. The number of carbonyl (C=O) groups excluding carboxylic acids is 2. The van der Waals surface area contributed by atoms with Crippen LogP contribution in [0.3, 0.4) is 0 Å². The largest absolute Gasteiger partial charge is 0.496 e. The number of thioether (sulfide) groups is 1. The van der Waals surface area contributed by atoms with Crippen LogP contribution in [0.1, 0.15) is 21.3 Å². The second-order valence-corrected chi connectivity index (χ2v) is 8.69. The summed E-state index contributed by atoms with van der Waals surface area (Å²) < 4.78 is 5.30. The van der Waals surface area contributed by atoms with Gasteiger partial charge in [0.1, 0.15) is 11.1 Å². The number of methoxy groups -OCH3 is 1. The number of hydrogen-bond donors (Lipinski definition) is 1. The molecular weight excluding hydrogens is 422 g/mol. The zero-order valence-corrected chi connectivity index (χ0v) is 19.1. The predicted octanol–water partition coefficient (Wildman–Crippen LogP) is 4.79. The molecule has 2 amide bonds. The van der Waals surface area contributed by atoms with Gasteiger partial charge in [-0.2, -0.15) is 0 Å². The average Bonchev–Trinajstić information content (AvgIpc) is 3.20. The van der Waals surface area contributed by atoms with Crippen LogP contribution in [0.4, 0.5) is 17.1 Å². The van der Waals surface area contributed by atoms with Crippen molar-refractivity contribution in [2.45, 2.75) is 5.37 Å². The second-order valence-electron chi connectivity index (χ2n) is 7.62. The smallest absolute Gasteiger partial charge is 0.259 e. The molecule has 0 radical (unpaired) electrons. The van der Waals surface area contributed by atoms with E-state index in [-0.39, 0.29) is 17.2 Å². The molecule has 0 spiro atoms. The highest BCUT2D eigenvalue weighted by molar-refractivity contribution is 8.00. The molecule has 1 fully saturated rings. The van der Waals surface area contributed by atoms with Gasteiger partial charge < -0.3 is 15.0 Å². The second kappa shape index (κ2) is 9.36. The summed E-state index contributed by atoms with van der Waals surface area (Å²) >= 11 is 1.58. The number of amides is 2. The van der Waals surface area contributed by atoms with Crippen LogP contribution < -0.4 is 19.9 Å². The van der Waals surface area contributed by atoms with Crippen molar-refractivity contribution in [3.63, 3.8) is 0 Å². The van der Waals surface area contributed by atoms with Crippen LogP contribution in [-0.4, -0.2) is 38.8 Å². The highest BCUT2D eigenvalue weighted by Gasteiger charge is 2.34. The maximum Gasteiger partial charge on any atom is 0.259 e. The number of anilines is 3. The van der Waals surface area contributed by atoms with Gasteiger partial charge in [-0.15, -0.1) is 11.8 Å². The van der Waals surface area contributed by atoms with Crippen molar-refractivity contribution < 1.29 is 14.3 Å². The average molecular weight is 448 g/mol. The maximum atomic E-state index is 12.8. The van der Waals surface area contributed by atoms with E-state index in [0.717, 1.165) is 16.9 Å². The SMILES string of the molecule is COc1ccccc1C(=O)Nc1cccc([C@H]2SCC(=O)N2c2ccc(N(C)C)cc2)c1. The van der Waals surface area contributed by atoms with Crippen LogP contribution in [0.15, 0.2) is 72.8 Å². The minimum atomic E-state index is -0.245. The van der Waals surface area contributed by atoms with Crippen LogP contribution in [0.2, 0.25) is 0 Å². The quantitative estimate of drug-likeness (QED) is 0.589. The Labute approximate surface area is 192 Å². The molecule has 4 rings (SSSR count). The molecule has 1 aliphatic rings. The number of nitrogens with zero attached hydrogens (tertiary/aromatic N) is 2. The third kappa shape index (κ3) is 4.43. The summed E-state index contributed by atoms with van der Waals surface area (Å²) in [6.45, 7) is 0. The first-order chi connectivity index (χ1) is 15.5. The summed E-state index contributed by atoms with van der Waals surface area (Å²) in [6.07, 6.45) is 0. The van der Waals surface area contributed by atoms with Gasteiger partial charge in [0.25, 0.3) is 5.91 Å². The predicted molar refractivity (Wildman–Crippen MR) is 131 cm³/mol. The molecular formula is C25H25N3O3S. The molecule has 0 saturated carbocycles. The van der Waals surface area contributed by atoms with E-state index in [4.69, 9.17) is 4.74 Å². The molecule has 1 aliphatic heterocycles. The highest BCUT2D eigenvalue weighted by Crippen LogP contribution is 2.42. The first-order valence-electron chi connectivity index (χ1n) is 10.2. The molecule has 1 N–H and O–H groups in total. The maximum absolute atomic E-state index is 12.8. The molecule has 3 aromatic carbocycles. The van der Waals surface area contributed by atoms with E-state index in [1.54, 1.807) is 37.1 Å². The molecule has 0 unspecified atom stereocenters. The van der Waals surface area contributed by atoms with E-state index in [1.165, 1.54) is 0 Å². The van der Waals surface area contributed by atoms with Crippen molar-refractivity contribution in [1.29, 1.82) is 0 Å². The summed E-state index contributed by atoms with van der Waals surface area (Å²) in [4.78, 5) is 29.3. The molecule has 0 bridgehead atoms. The van der Waals surface area contributed by atoms with Crippen LogP contribution in [0, 0.1) is 0 Å². The third-order valence-corrected chi connectivity index (χ3v) is 6.51. The number of hydrogen-bond acceptors (Lipinski definition) is 5. The highest BCUT2D eigenvalue weighted by atomic mass is 32.2. The molecule has 7 heteroatoms. The minimum absolute atomic E-state index is 0.0704. The number of ether oxygens (including phenoxy) is 1. The molecule has 0 aliphatic carbocycles. The van der Waals surface area contributed by atoms with Crippen molar-refractivity contribution >= 4 is 40.6 Å². The van der Waals surface area contributed by atoms with Gasteiger partial charge in [0, 0.05) is 31.2 Å². The van der Waals surface area contributed by atoms with Gasteiger partial charge in [0.15, 0.2) is 0 Å². The number of carbonyl (C=O) groups is 2. The summed E-state index contributed by atoms with van der Waals surface area (Å²) in [5.74, 6) is 0.759. The van der Waals surface area contributed by atoms with Gasteiger partial charge in [-0.3, -0.25) is 14.5 Å². The van der Waals surface area contributed by atoms with Crippen molar-refractivity contribution in [2.75, 3.05) is 42.1 Å². The summed E-state index contributed by atoms with van der Waals surface area (Å²) in [5, 5.41) is 2.79. The Morgan fingerprint density at radius 1 is 1.06 bits per heavy atom. The van der Waals surface area contributed by atoms with Crippen LogP contribution in [0.25, 0.3) is 0 Å². The molecule has 1 atom stereocenters. The molecule has 32 heavy (non-hydrogen) atoms. The lowest BCUT2D eigenvalue weighted by atomic mass is 10.1. The standard InChI is InChI=1S/C25H25N3O3S/c1-27(2)19-11-13-20(14-12-19)28-23(29)16-32-25(28)17-7-6-8-18(15-17)26-24(30)21-9-4-5-10-22(21)31-3/h4-15,25H,16H2,1-3H3,(H,26,30)/t25-/m1/s1. The van der Waals surface area contributed by atoms with Gasteiger partial charge in [0.2, 0.25) is 5.91 Å².